The third kappa shape index (κ3) is 7.31. The average molecular weight is 437 g/mol. The second-order valence-electron chi connectivity index (χ2n) is 8.66. The van der Waals surface area contributed by atoms with Crippen LogP contribution in [0.1, 0.15) is 52.1 Å². The molecule has 8 nitrogen and oxygen atoms in total. The minimum atomic E-state index is -0.617. The van der Waals surface area contributed by atoms with E-state index in [0.717, 1.165) is 18.5 Å². The Balaban J connectivity index is 2.30. The number of nitrogens with one attached hydrogen (secondary N) is 2. The maximum absolute atomic E-state index is 12.6. The maximum atomic E-state index is 12.6. The summed E-state index contributed by atoms with van der Waals surface area (Å²) in [6, 6.07) is 5.18. The van der Waals surface area contributed by atoms with Crippen LogP contribution in [0.2, 0.25) is 0 Å². The van der Waals surface area contributed by atoms with Gasteiger partial charge in [0.2, 0.25) is 0 Å². The highest BCUT2D eigenvalue weighted by molar-refractivity contribution is 5.73. The van der Waals surface area contributed by atoms with E-state index in [9.17, 15) is 9.59 Å². The quantitative estimate of drug-likeness (QED) is 0.603. The Kier molecular flexibility index (Phi) is 8.98. The van der Waals surface area contributed by atoms with Crippen molar-refractivity contribution in [1.29, 1.82) is 0 Å². The molecule has 2 rings (SSSR count). The number of amides is 1. The first-order valence-electron chi connectivity index (χ1n) is 10.8. The minimum Gasteiger partial charge on any atom is -0.493 e. The van der Waals surface area contributed by atoms with Gasteiger partial charge in [0.05, 0.1) is 32.8 Å². The van der Waals surface area contributed by atoms with E-state index in [-0.39, 0.29) is 23.8 Å². The number of methoxy groups -OCH3 is 2. The third-order valence-corrected chi connectivity index (χ3v) is 5.25. The number of esters is 1. The fourth-order valence-corrected chi connectivity index (χ4v) is 3.82. The van der Waals surface area contributed by atoms with Gasteiger partial charge in [0, 0.05) is 6.54 Å². The molecular weight excluding hydrogens is 400 g/mol. The van der Waals surface area contributed by atoms with Crippen molar-refractivity contribution in [2.45, 2.75) is 52.2 Å². The summed E-state index contributed by atoms with van der Waals surface area (Å²) in [5.41, 5.74) is 0.235. The summed E-state index contributed by atoms with van der Waals surface area (Å²) in [4.78, 5) is 25.1. The zero-order valence-electron chi connectivity index (χ0n) is 19.4. The Morgan fingerprint density at radius 2 is 1.90 bits per heavy atom. The predicted octanol–water partition coefficient (Wildman–Crippen LogP) is 3.45. The van der Waals surface area contributed by atoms with Crippen molar-refractivity contribution in [2.75, 3.05) is 33.9 Å². The highest BCUT2D eigenvalue weighted by Gasteiger charge is 2.35. The first-order chi connectivity index (χ1) is 14.7. The van der Waals surface area contributed by atoms with E-state index < -0.39 is 11.7 Å². The number of rotatable bonds is 8. The van der Waals surface area contributed by atoms with Gasteiger partial charge >= 0.3 is 12.1 Å². The van der Waals surface area contributed by atoms with E-state index in [2.05, 4.69) is 10.6 Å². The SMILES string of the molecule is CCOC(=O)[C@@H]1CNCC[C@H]1CC(NC(=O)OC(C)(C)C)c1ccc(OC)c(OC)c1. The first-order valence-corrected chi connectivity index (χ1v) is 10.8. The molecule has 1 aromatic rings. The van der Waals surface area contributed by atoms with Crippen molar-refractivity contribution in [1.82, 2.24) is 10.6 Å². The maximum Gasteiger partial charge on any atom is 0.408 e. The minimum absolute atomic E-state index is 0.0494. The van der Waals surface area contributed by atoms with Crippen LogP contribution in [-0.2, 0) is 14.3 Å². The number of alkyl carbamates (subject to hydrolysis) is 1. The van der Waals surface area contributed by atoms with Gasteiger partial charge in [-0.05, 0) is 70.7 Å². The molecule has 1 aromatic carbocycles. The summed E-state index contributed by atoms with van der Waals surface area (Å²) in [7, 11) is 3.15. The Morgan fingerprint density at radius 1 is 1.19 bits per heavy atom. The largest absolute Gasteiger partial charge is 0.493 e. The fourth-order valence-electron chi connectivity index (χ4n) is 3.82. The van der Waals surface area contributed by atoms with Crippen LogP contribution in [0.4, 0.5) is 4.79 Å². The van der Waals surface area contributed by atoms with Crippen LogP contribution in [-0.4, -0.2) is 51.6 Å². The van der Waals surface area contributed by atoms with Crippen LogP contribution in [0.15, 0.2) is 18.2 Å². The van der Waals surface area contributed by atoms with Gasteiger partial charge in [-0.3, -0.25) is 4.79 Å². The van der Waals surface area contributed by atoms with Crippen LogP contribution in [0.5, 0.6) is 11.5 Å². The number of hydrogen-bond donors (Lipinski definition) is 2. The molecule has 0 bridgehead atoms. The van der Waals surface area contributed by atoms with Gasteiger partial charge in [-0.2, -0.15) is 0 Å². The monoisotopic (exact) mass is 436 g/mol. The summed E-state index contributed by atoms with van der Waals surface area (Å²) < 4.78 is 21.5. The van der Waals surface area contributed by atoms with Crippen LogP contribution in [0.3, 0.4) is 0 Å². The van der Waals surface area contributed by atoms with Crippen molar-refractivity contribution in [3.63, 3.8) is 0 Å². The van der Waals surface area contributed by atoms with Crippen molar-refractivity contribution < 1.29 is 28.5 Å². The van der Waals surface area contributed by atoms with Gasteiger partial charge in [0.15, 0.2) is 11.5 Å². The Labute approximate surface area is 185 Å². The topological polar surface area (TPSA) is 95.1 Å². The van der Waals surface area contributed by atoms with Crippen molar-refractivity contribution in [2.24, 2.45) is 11.8 Å². The molecule has 1 aliphatic heterocycles. The second-order valence-corrected chi connectivity index (χ2v) is 8.66. The van der Waals surface area contributed by atoms with Crippen LogP contribution < -0.4 is 20.1 Å². The lowest BCUT2D eigenvalue weighted by molar-refractivity contribution is -0.150. The van der Waals surface area contributed by atoms with E-state index in [1.807, 2.05) is 39.0 Å². The number of hydrogen-bond acceptors (Lipinski definition) is 7. The van der Waals surface area contributed by atoms with Gasteiger partial charge in [0.25, 0.3) is 0 Å². The van der Waals surface area contributed by atoms with E-state index in [1.165, 1.54) is 0 Å². The molecule has 1 saturated heterocycles. The molecule has 3 atom stereocenters. The molecule has 31 heavy (non-hydrogen) atoms. The summed E-state index contributed by atoms with van der Waals surface area (Å²) in [5, 5.41) is 6.26. The lowest BCUT2D eigenvalue weighted by Crippen LogP contribution is -2.44. The molecule has 1 aliphatic rings. The van der Waals surface area contributed by atoms with Crippen molar-refractivity contribution >= 4 is 12.1 Å². The Morgan fingerprint density at radius 3 is 2.52 bits per heavy atom. The van der Waals surface area contributed by atoms with E-state index in [4.69, 9.17) is 18.9 Å². The summed E-state index contributed by atoms with van der Waals surface area (Å²) in [6.45, 7) is 8.99. The number of piperidine rings is 1. The van der Waals surface area contributed by atoms with E-state index in [1.54, 1.807) is 21.1 Å². The molecule has 0 spiro atoms. The molecule has 1 unspecified atom stereocenters. The normalized spacial score (nSPS) is 19.8. The molecule has 0 aliphatic carbocycles. The summed E-state index contributed by atoms with van der Waals surface area (Å²) in [6.07, 6.45) is 0.872. The van der Waals surface area contributed by atoms with Crippen LogP contribution in [0, 0.1) is 11.8 Å². The van der Waals surface area contributed by atoms with Crippen molar-refractivity contribution in [3.05, 3.63) is 23.8 Å². The number of carbonyl (C=O) groups is 2. The van der Waals surface area contributed by atoms with Gasteiger partial charge in [-0.15, -0.1) is 0 Å². The van der Waals surface area contributed by atoms with E-state index >= 15 is 0 Å². The van der Waals surface area contributed by atoms with Crippen molar-refractivity contribution in [3.8, 4) is 11.5 Å². The highest BCUT2D eigenvalue weighted by atomic mass is 16.6. The summed E-state index contributed by atoms with van der Waals surface area (Å²) >= 11 is 0. The Hall–Kier alpha value is -2.48. The lowest BCUT2D eigenvalue weighted by atomic mass is 9.80. The summed E-state index contributed by atoms with van der Waals surface area (Å²) in [5.74, 6) is 0.755. The molecule has 1 heterocycles. The number of carbonyl (C=O) groups excluding carboxylic acids is 2. The van der Waals surface area contributed by atoms with Crippen LogP contribution >= 0.6 is 0 Å². The van der Waals surface area contributed by atoms with Gasteiger partial charge in [-0.25, -0.2) is 4.79 Å². The zero-order chi connectivity index (χ0) is 23.0. The van der Waals surface area contributed by atoms with Crippen LogP contribution in [0.25, 0.3) is 0 Å². The fraction of sp³-hybridized carbons (Fsp3) is 0.652. The molecule has 0 saturated carbocycles. The molecule has 0 aromatic heterocycles. The lowest BCUT2D eigenvalue weighted by Gasteiger charge is -2.33. The smallest absolute Gasteiger partial charge is 0.408 e. The average Bonchev–Trinajstić information content (AvgIpc) is 2.72. The Bertz CT molecular complexity index is 746. The standard InChI is InChI=1S/C23H36N2O6/c1-7-30-21(26)17-14-24-11-10-15(17)12-18(25-22(27)31-23(2,3)4)16-8-9-19(28-5)20(13-16)29-6/h8-9,13,15,17-18,24H,7,10-12,14H2,1-6H3,(H,25,27)/t15-,17+,18?/m0/s1. The molecule has 8 heteroatoms. The number of ether oxygens (including phenoxy) is 4. The molecule has 2 N–H and O–H groups in total. The van der Waals surface area contributed by atoms with Gasteiger partial charge < -0.3 is 29.6 Å². The molecule has 174 valence electrons. The molecular formula is C23H36N2O6. The first kappa shape index (κ1) is 24.8. The molecule has 1 fully saturated rings. The second kappa shape index (κ2) is 11.2. The predicted molar refractivity (Wildman–Crippen MR) is 117 cm³/mol. The molecule has 1 amide bonds. The van der Waals surface area contributed by atoms with Gasteiger partial charge in [-0.1, -0.05) is 6.07 Å². The zero-order valence-corrected chi connectivity index (χ0v) is 19.4. The third-order valence-electron chi connectivity index (χ3n) is 5.25. The highest BCUT2D eigenvalue weighted by Crippen LogP contribution is 2.35. The van der Waals surface area contributed by atoms with Gasteiger partial charge in [0.1, 0.15) is 5.60 Å². The molecule has 0 radical (unpaired) electrons. The number of benzene rings is 1. The van der Waals surface area contributed by atoms with E-state index in [0.29, 0.717) is 31.1 Å².